The Kier molecular flexibility index (Phi) is 5.82. The first-order chi connectivity index (χ1) is 13.0. The molecule has 0 saturated carbocycles. The maximum absolute atomic E-state index is 12.8. The third-order valence-electron chi connectivity index (χ3n) is 3.62. The van der Waals surface area contributed by atoms with Crippen molar-refractivity contribution in [2.75, 3.05) is 18.9 Å². The lowest BCUT2D eigenvalue weighted by molar-refractivity contribution is 0.302. The number of ether oxygens (including phenoxy) is 3. The molecule has 2 aromatic carbocycles. The van der Waals surface area contributed by atoms with Crippen molar-refractivity contribution in [3.63, 3.8) is 0 Å². The summed E-state index contributed by atoms with van der Waals surface area (Å²) in [6, 6.07) is 11.3. The van der Waals surface area contributed by atoms with Gasteiger partial charge in [-0.25, -0.2) is 13.4 Å². The van der Waals surface area contributed by atoms with Crippen LogP contribution in [0.15, 0.2) is 58.3 Å². The largest absolute Gasteiger partial charge is 0.497 e. The second-order valence-corrected chi connectivity index (χ2v) is 7.79. The molecular formula is C18H18N2O5S2. The highest BCUT2D eigenvalue weighted by Crippen LogP contribution is 2.30. The van der Waals surface area contributed by atoms with Gasteiger partial charge in [-0.15, -0.1) is 11.3 Å². The second-order valence-electron chi connectivity index (χ2n) is 5.42. The Morgan fingerprint density at radius 2 is 1.93 bits per heavy atom. The van der Waals surface area contributed by atoms with Crippen LogP contribution in [0, 0.1) is 0 Å². The fraction of sp³-hybridized carbons (Fsp3) is 0.167. The number of nitrogens with one attached hydrogen (secondary N) is 1. The molecule has 142 valence electrons. The van der Waals surface area contributed by atoms with E-state index >= 15 is 0 Å². The third kappa shape index (κ3) is 4.69. The van der Waals surface area contributed by atoms with Crippen LogP contribution in [0.5, 0.6) is 17.2 Å². The van der Waals surface area contributed by atoms with Gasteiger partial charge in [-0.3, -0.25) is 4.72 Å². The summed E-state index contributed by atoms with van der Waals surface area (Å²) in [5.74, 6) is 1.16. The summed E-state index contributed by atoms with van der Waals surface area (Å²) in [6.45, 7) is 0.309. The fourth-order valence-corrected chi connectivity index (χ4v) is 4.10. The predicted molar refractivity (Wildman–Crippen MR) is 103 cm³/mol. The van der Waals surface area contributed by atoms with Gasteiger partial charge in [0.25, 0.3) is 10.0 Å². The van der Waals surface area contributed by atoms with Gasteiger partial charge in [0.05, 0.1) is 31.1 Å². The molecule has 0 amide bonds. The van der Waals surface area contributed by atoms with E-state index in [-0.39, 0.29) is 10.6 Å². The van der Waals surface area contributed by atoms with Crippen molar-refractivity contribution >= 4 is 27.0 Å². The minimum Gasteiger partial charge on any atom is -0.497 e. The van der Waals surface area contributed by atoms with Crippen molar-refractivity contribution < 1.29 is 22.6 Å². The van der Waals surface area contributed by atoms with Gasteiger partial charge in [0.2, 0.25) is 0 Å². The molecule has 0 spiro atoms. The number of benzene rings is 2. The first-order valence-corrected chi connectivity index (χ1v) is 10.3. The summed E-state index contributed by atoms with van der Waals surface area (Å²) >= 11 is 1.48. The lowest BCUT2D eigenvalue weighted by Crippen LogP contribution is -2.14. The number of methoxy groups -OCH3 is 2. The monoisotopic (exact) mass is 406 g/mol. The first kappa shape index (κ1) is 19.0. The van der Waals surface area contributed by atoms with E-state index in [1.165, 1.54) is 31.6 Å². The van der Waals surface area contributed by atoms with Crippen molar-refractivity contribution in [2.24, 2.45) is 0 Å². The predicted octanol–water partition coefficient (Wildman–Crippen LogP) is 3.54. The Morgan fingerprint density at radius 3 is 2.63 bits per heavy atom. The normalized spacial score (nSPS) is 11.0. The summed E-state index contributed by atoms with van der Waals surface area (Å²) in [7, 11) is -1.01. The van der Waals surface area contributed by atoms with Crippen molar-refractivity contribution in [3.05, 3.63) is 59.0 Å². The van der Waals surface area contributed by atoms with Crippen LogP contribution in [-0.2, 0) is 16.6 Å². The Labute approximate surface area is 161 Å². The molecule has 9 heteroatoms. The molecule has 0 bridgehead atoms. The highest BCUT2D eigenvalue weighted by atomic mass is 32.2. The van der Waals surface area contributed by atoms with Crippen LogP contribution in [0.3, 0.4) is 0 Å². The molecule has 0 aliphatic heterocycles. The Bertz CT molecular complexity index is 1000. The average molecular weight is 406 g/mol. The first-order valence-electron chi connectivity index (χ1n) is 7.86. The number of thiazole rings is 1. The zero-order chi connectivity index (χ0) is 19.3. The molecule has 0 radical (unpaired) electrons. The van der Waals surface area contributed by atoms with Crippen LogP contribution in [0.1, 0.15) is 5.69 Å². The maximum atomic E-state index is 12.8. The van der Waals surface area contributed by atoms with Crippen LogP contribution < -0.4 is 18.9 Å². The van der Waals surface area contributed by atoms with Crippen LogP contribution in [0.2, 0.25) is 0 Å². The summed E-state index contributed by atoms with van der Waals surface area (Å²) in [5, 5.41) is 1.89. The number of anilines is 1. The second kappa shape index (κ2) is 8.28. The van der Waals surface area contributed by atoms with E-state index in [1.54, 1.807) is 41.9 Å². The Balaban J connectivity index is 1.80. The maximum Gasteiger partial charge on any atom is 0.265 e. The highest BCUT2D eigenvalue weighted by Gasteiger charge is 2.21. The molecule has 1 aromatic heterocycles. The zero-order valence-corrected chi connectivity index (χ0v) is 16.3. The molecule has 0 aliphatic carbocycles. The third-order valence-corrected chi connectivity index (χ3v) is 5.65. The number of hydrogen-bond acceptors (Lipinski definition) is 7. The summed E-state index contributed by atoms with van der Waals surface area (Å²) in [5.41, 5.74) is 2.91. The van der Waals surface area contributed by atoms with Gasteiger partial charge < -0.3 is 14.2 Å². The highest BCUT2D eigenvalue weighted by molar-refractivity contribution is 7.92. The molecule has 0 unspecified atom stereocenters. The molecular weight excluding hydrogens is 388 g/mol. The van der Waals surface area contributed by atoms with Gasteiger partial charge in [0, 0.05) is 17.5 Å². The van der Waals surface area contributed by atoms with Crippen LogP contribution in [0.4, 0.5) is 5.69 Å². The lowest BCUT2D eigenvalue weighted by Gasteiger charge is -2.13. The SMILES string of the molecule is COc1ccc(OC)c(S(=O)(=O)Nc2cccc(OCc3cscn3)c2)c1. The van der Waals surface area contributed by atoms with E-state index in [9.17, 15) is 8.42 Å². The van der Waals surface area contributed by atoms with E-state index in [2.05, 4.69) is 9.71 Å². The molecule has 3 rings (SSSR count). The van der Waals surface area contributed by atoms with E-state index in [1.807, 2.05) is 5.38 Å². The van der Waals surface area contributed by atoms with Gasteiger partial charge in [0.1, 0.15) is 28.8 Å². The molecule has 0 atom stereocenters. The van der Waals surface area contributed by atoms with Crippen LogP contribution in [0.25, 0.3) is 0 Å². The molecule has 0 aliphatic rings. The summed E-state index contributed by atoms with van der Waals surface area (Å²) in [6.07, 6.45) is 0. The molecule has 3 aromatic rings. The fourth-order valence-electron chi connectivity index (χ4n) is 2.32. The molecule has 1 heterocycles. The van der Waals surface area contributed by atoms with Crippen molar-refractivity contribution in [2.45, 2.75) is 11.5 Å². The van der Waals surface area contributed by atoms with Crippen LogP contribution in [-0.4, -0.2) is 27.6 Å². The topological polar surface area (TPSA) is 86.8 Å². The Hall–Kier alpha value is -2.78. The van der Waals surface area contributed by atoms with Crippen molar-refractivity contribution in [3.8, 4) is 17.2 Å². The molecule has 27 heavy (non-hydrogen) atoms. The number of rotatable bonds is 8. The van der Waals surface area contributed by atoms with Gasteiger partial charge in [-0.1, -0.05) is 6.07 Å². The van der Waals surface area contributed by atoms with Gasteiger partial charge in [0.15, 0.2) is 0 Å². The van der Waals surface area contributed by atoms with Gasteiger partial charge in [-0.05, 0) is 24.3 Å². The number of aromatic nitrogens is 1. The molecule has 7 nitrogen and oxygen atoms in total. The van der Waals surface area contributed by atoms with Gasteiger partial charge >= 0.3 is 0 Å². The zero-order valence-electron chi connectivity index (χ0n) is 14.7. The number of nitrogens with zero attached hydrogens (tertiary/aromatic N) is 1. The molecule has 1 N–H and O–H groups in total. The summed E-state index contributed by atoms with van der Waals surface area (Å²) < 4.78 is 44.1. The van der Waals surface area contributed by atoms with Gasteiger partial charge in [-0.2, -0.15) is 0 Å². The van der Waals surface area contributed by atoms with Crippen molar-refractivity contribution in [1.82, 2.24) is 4.98 Å². The average Bonchev–Trinajstić information content (AvgIpc) is 3.19. The van der Waals surface area contributed by atoms with Crippen molar-refractivity contribution in [1.29, 1.82) is 0 Å². The van der Waals surface area contributed by atoms with E-state index in [0.29, 0.717) is 23.8 Å². The quantitative estimate of drug-likeness (QED) is 0.616. The standard InChI is InChI=1S/C18H18N2O5S2/c1-23-15-6-7-17(24-2)18(9-15)27(21,22)20-13-4-3-5-16(8-13)25-10-14-11-26-12-19-14/h3-9,11-12,20H,10H2,1-2H3. The Morgan fingerprint density at radius 1 is 1.07 bits per heavy atom. The minimum absolute atomic E-state index is 0.0156. The number of hydrogen-bond donors (Lipinski definition) is 1. The van der Waals surface area contributed by atoms with E-state index < -0.39 is 10.0 Å². The molecule has 0 fully saturated rings. The number of sulfonamides is 1. The smallest absolute Gasteiger partial charge is 0.265 e. The minimum atomic E-state index is -3.88. The van der Waals surface area contributed by atoms with Crippen LogP contribution >= 0.6 is 11.3 Å². The molecule has 0 saturated heterocycles. The lowest BCUT2D eigenvalue weighted by atomic mass is 10.3. The summed E-state index contributed by atoms with van der Waals surface area (Å²) in [4.78, 5) is 4.13. The van der Waals surface area contributed by atoms with E-state index in [4.69, 9.17) is 14.2 Å². The van der Waals surface area contributed by atoms with E-state index in [0.717, 1.165) is 5.69 Å².